The first-order chi connectivity index (χ1) is 4.57. The monoisotopic (exact) mass is 146 g/mol. The summed E-state index contributed by atoms with van der Waals surface area (Å²) in [6.45, 7) is -0.139. The van der Waals surface area contributed by atoms with E-state index in [0.717, 1.165) is 0 Å². The maximum absolute atomic E-state index is 10.8. The van der Waals surface area contributed by atoms with Gasteiger partial charge < -0.3 is 15.7 Å². The van der Waals surface area contributed by atoms with E-state index in [1.54, 1.807) is 14.1 Å². The minimum Gasteiger partial charge on any atom is -0.395 e. The largest absolute Gasteiger partial charge is 0.395 e. The highest BCUT2D eigenvalue weighted by Crippen LogP contribution is 1.90. The van der Waals surface area contributed by atoms with Gasteiger partial charge in [-0.2, -0.15) is 0 Å². The first-order valence-corrected chi connectivity index (χ1v) is 3.14. The molecule has 10 heavy (non-hydrogen) atoms. The Morgan fingerprint density at radius 2 is 2.20 bits per heavy atom. The Hall–Kier alpha value is -0.610. The minimum atomic E-state index is -0.421. The van der Waals surface area contributed by atoms with Crippen molar-refractivity contribution in [3.63, 3.8) is 0 Å². The molecule has 1 amide bonds. The van der Waals surface area contributed by atoms with Gasteiger partial charge in [0.25, 0.3) is 0 Å². The minimum absolute atomic E-state index is 0.0541. The van der Waals surface area contributed by atoms with Gasteiger partial charge >= 0.3 is 0 Å². The summed E-state index contributed by atoms with van der Waals surface area (Å²) in [5.74, 6) is -0.0541. The summed E-state index contributed by atoms with van der Waals surface area (Å²) in [4.78, 5) is 12.3. The fourth-order valence-corrected chi connectivity index (χ4v) is 0.471. The molecule has 4 heteroatoms. The van der Waals surface area contributed by atoms with Crippen LogP contribution in [0.15, 0.2) is 0 Å². The van der Waals surface area contributed by atoms with E-state index < -0.39 is 6.04 Å². The smallest absolute Gasteiger partial charge is 0.223 e. The van der Waals surface area contributed by atoms with Crippen LogP contribution in [-0.4, -0.2) is 42.7 Å². The number of carbonyl (C=O) groups is 1. The molecule has 0 saturated heterocycles. The average molecular weight is 146 g/mol. The lowest BCUT2D eigenvalue weighted by Crippen LogP contribution is -2.33. The predicted molar refractivity (Wildman–Crippen MR) is 38.4 cm³/mol. The number of nitrogens with two attached hydrogens (primary N) is 1. The maximum atomic E-state index is 10.8. The summed E-state index contributed by atoms with van der Waals surface area (Å²) in [6.07, 6.45) is 0.212. The Bertz CT molecular complexity index is 114. The summed E-state index contributed by atoms with van der Waals surface area (Å²) in [7, 11) is 3.32. The number of nitrogens with zero attached hydrogens (tertiary/aromatic N) is 1. The standard InChI is InChI=1S/C6H14N2O2/c1-8(2)6(10)3-5(7)4-9/h5,9H,3-4,7H2,1-2H3/t5-/m1/s1. The molecule has 1 atom stereocenters. The highest BCUT2D eigenvalue weighted by atomic mass is 16.3. The van der Waals surface area contributed by atoms with Gasteiger partial charge in [0, 0.05) is 26.6 Å². The summed E-state index contributed by atoms with van der Waals surface area (Å²) in [5.41, 5.74) is 5.31. The number of rotatable bonds is 3. The number of carbonyl (C=O) groups excluding carboxylic acids is 1. The number of amides is 1. The number of hydrogen-bond donors (Lipinski definition) is 2. The van der Waals surface area contributed by atoms with Gasteiger partial charge in [0.2, 0.25) is 5.91 Å². The lowest BCUT2D eigenvalue weighted by atomic mass is 10.2. The van der Waals surface area contributed by atoms with E-state index in [1.807, 2.05) is 0 Å². The molecule has 60 valence electrons. The Morgan fingerprint density at radius 1 is 1.70 bits per heavy atom. The van der Waals surface area contributed by atoms with Crippen LogP contribution in [0.2, 0.25) is 0 Å². The van der Waals surface area contributed by atoms with E-state index in [0.29, 0.717) is 0 Å². The first-order valence-electron chi connectivity index (χ1n) is 3.14. The van der Waals surface area contributed by atoms with Crippen LogP contribution < -0.4 is 5.73 Å². The third kappa shape index (κ3) is 3.42. The second kappa shape index (κ2) is 4.24. The third-order valence-corrected chi connectivity index (χ3v) is 1.17. The van der Waals surface area contributed by atoms with E-state index in [1.165, 1.54) is 4.90 Å². The van der Waals surface area contributed by atoms with Gasteiger partial charge in [0.1, 0.15) is 0 Å². The normalized spacial score (nSPS) is 12.8. The number of aliphatic hydroxyl groups is 1. The zero-order valence-corrected chi connectivity index (χ0v) is 6.37. The van der Waals surface area contributed by atoms with E-state index >= 15 is 0 Å². The molecule has 0 aromatic heterocycles. The molecule has 0 saturated carbocycles. The molecule has 0 aliphatic carbocycles. The molecule has 0 fully saturated rings. The second-order valence-corrected chi connectivity index (χ2v) is 2.43. The molecule has 0 aromatic rings. The quantitative estimate of drug-likeness (QED) is 0.524. The van der Waals surface area contributed by atoms with Crippen molar-refractivity contribution in [1.82, 2.24) is 4.90 Å². The van der Waals surface area contributed by atoms with Gasteiger partial charge in [-0.25, -0.2) is 0 Å². The van der Waals surface area contributed by atoms with Gasteiger partial charge in [0.05, 0.1) is 6.61 Å². The molecule has 3 N–H and O–H groups in total. The maximum Gasteiger partial charge on any atom is 0.223 e. The topological polar surface area (TPSA) is 66.6 Å². The summed E-state index contributed by atoms with van der Waals surface area (Å²) in [5, 5.41) is 8.47. The van der Waals surface area contributed by atoms with Crippen molar-refractivity contribution in [2.45, 2.75) is 12.5 Å². The highest BCUT2D eigenvalue weighted by molar-refractivity contribution is 5.76. The van der Waals surface area contributed by atoms with Crippen LogP contribution in [-0.2, 0) is 4.79 Å². The Kier molecular flexibility index (Phi) is 3.99. The van der Waals surface area contributed by atoms with Crippen molar-refractivity contribution in [1.29, 1.82) is 0 Å². The van der Waals surface area contributed by atoms with E-state index in [-0.39, 0.29) is 18.9 Å². The van der Waals surface area contributed by atoms with Gasteiger partial charge in [-0.3, -0.25) is 4.79 Å². The number of hydrogen-bond acceptors (Lipinski definition) is 3. The van der Waals surface area contributed by atoms with Gasteiger partial charge in [-0.1, -0.05) is 0 Å². The lowest BCUT2D eigenvalue weighted by Gasteiger charge is -2.12. The van der Waals surface area contributed by atoms with Crippen LogP contribution in [0.1, 0.15) is 6.42 Å². The first kappa shape index (κ1) is 9.39. The molecule has 0 aliphatic rings. The summed E-state index contributed by atoms with van der Waals surface area (Å²) >= 11 is 0. The molecule has 0 aliphatic heterocycles. The Labute approximate surface area is 60.6 Å². The van der Waals surface area contributed by atoms with Gasteiger partial charge in [-0.05, 0) is 0 Å². The number of aliphatic hydroxyl groups excluding tert-OH is 1. The molecule has 0 spiro atoms. The molecule has 0 unspecified atom stereocenters. The second-order valence-electron chi connectivity index (χ2n) is 2.43. The van der Waals surface area contributed by atoms with Crippen LogP contribution in [0.3, 0.4) is 0 Å². The fourth-order valence-electron chi connectivity index (χ4n) is 0.471. The molecule has 0 bridgehead atoms. The predicted octanol–water partition coefficient (Wildman–Crippen LogP) is -1.22. The van der Waals surface area contributed by atoms with Crippen molar-refractivity contribution < 1.29 is 9.90 Å². The zero-order chi connectivity index (χ0) is 8.15. The molecular weight excluding hydrogens is 132 g/mol. The van der Waals surface area contributed by atoms with Crippen LogP contribution in [0, 0.1) is 0 Å². The van der Waals surface area contributed by atoms with Crippen molar-refractivity contribution in [2.24, 2.45) is 5.73 Å². The molecule has 0 heterocycles. The zero-order valence-electron chi connectivity index (χ0n) is 6.37. The molecule has 0 rings (SSSR count). The lowest BCUT2D eigenvalue weighted by molar-refractivity contribution is -0.129. The average Bonchev–Trinajstić information content (AvgIpc) is 1.87. The summed E-state index contributed by atoms with van der Waals surface area (Å²) < 4.78 is 0. The van der Waals surface area contributed by atoms with E-state index in [4.69, 9.17) is 10.8 Å². The molecule has 4 nitrogen and oxygen atoms in total. The fraction of sp³-hybridized carbons (Fsp3) is 0.833. The van der Waals surface area contributed by atoms with Crippen LogP contribution in [0.5, 0.6) is 0 Å². The molecular formula is C6H14N2O2. The van der Waals surface area contributed by atoms with E-state index in [9.17, 15) is 4.79 Å². The highest BCUT2D eigenvalue weighted by Gasteiger charge is 2.08. The van der Waals surface area contributed by atoms with Crippen molar-refractivity contribution >= 4 is 5.91 Å². The van der Waals surface area contributed by atoms with Crippen LogP contribution in [0.25, 0.3) is 0 Å². The SMILES string of the molecule is CN(C)C(=O)C[C@@H](N)CO. The van der Waals surface area contributed by atoms with Gasteiger partial charge in [-0.15, -0.1) is 0 Å². The Balaban J connectivity index is 3.57. The van der Waals surface area contributed by atoms with Gasteiger partial charge in [0.15, 0.2) is 0 Å². The molecule has 0 aromatic carbocycles. The van der Waals surface area contributed by atoms with Crippen molar-refractivity contribution in [2.75, 3.05) is 20.7 Å². The third-order valence-electron chi connectivity index (χ3n) is 1.17. The summed E-state index contributed by atoms with van der Waals surface area (Å²) in [6, 6.07) is -0.421. The van der Waals surface area contributed by atoms with E-state index in [2.05, 4.69) is 0 Å². The van der Waals surface area contributed by atoms with Crippen LogP contribution in [0.4, 0.5) is 0 Å². The van der Waals surface area contributed by atoms with Crippen molar-refractivity contribution in [3.05, 3.63) is 0 Å². The van der Waals surface area contributed by atoms with Crippen LogP contribution >= 0.6 is 0 Å². The molecule has 0 radical (unpaired) electrons. The van der Waals surface area contributed by atoms with Crippen molar-refractivity contribution in [3.8, 4) is 0 Å². The Morgan fingerprint density at radius 3 is 2.50 bits per heavy atom.